The Balaban J connectivity index is 2.40. The summed E-state index contributed by atoms with van der Waals surface area (Å²) < 4.78 is 12.4. The number of nitrogens with zero attached hydrogens (tertiary/aromatic N) is 2. The Morgan fingerprint density at radius 1 is 1.91 bits per heavy atom. The van der Waals surface area contributed by atoms with Gasteiger partial charge in [0.2, 0.25) is 5.95 Å². The van der Waals surface area contributed by atoms with Crippen molar-refractivity contribution in [1.82, 2.24) is 16.1 Å². The van der Waals surface area contributed by atoms with E-state index in [9.17, 15) is 4.39 Å². The van der Waals surface area contributed by atoms with Crippen LogP contribution in [0.5, 0.6) is 0 Å². The van der Waals surface area contributed by atoms with Crippen LogP contribution >= 0.6 is 0 Å². The van der Waals surface area contributed by atoms with Crippen LogP contribution in [0.4, 0.5) is 4.39 Å². The SMILES string of the molecule is CC(O)NN1N=CC=C(F)N1. The fourth-order valence-electron chi connectivity index (χ4n) is 0.575. The van der Waals surface area contributed by atoms with Gasteiger partial charge < -0.3 is 5.11 Å². The molecule has 6 heteroatoms. The van der Waals surface area contributed by atoms with Crippen LogP contribution in [-0.4, -0.2) is 22.8 Å². The Kier molecular flexibility index (Phi) is 2.40. The first-order valence-electron chi connectivity index (χ1n) is 3.09. The zero-order valence-corrected chi connectivity index (χ0v) is 5.95. The summed E-state index contributed by atoms with van der Waals surface area (Å²) in [5.41, 5.74) is 4.62. The molecule has 5 nitrogen and oxygen atoms in total. The molecular formula is C5H9FN4O. The smallest absolute Gasteiger partial charge is 0.209 e. The normalized spacial score (nSPS) is 19.2. The maximum atomic E-state index is 12.4. The van der Waals surface area contributed by atoms with Crippen molar-refractivity contribution in [2.24, 2.45) is 5.10 Å². The van der Waals surface area contributed by atoms with Gasteiger partial charge in [0.05, 0.1) is 6.21 Å². The molecule has 0 aromatic carbocycles. The van der Waals surface area contributed by atoms with Crippen molar-refractivity contribution in [1.29, 1.82) is 0 Å². The van der Waals surface area contributed by atoms with Crippen LogP contribution in [0.1, 0.15) is 6.92 Å². The molecule has 62 valence electrons. The average Bonchev–Trinajstić information content (AvgIpc) is 1.85. The molecule has 1 aliphatic rings. The van der Waals surface area contributed by atoms with Crippen LogP contribution in [0.25, 0.3) is 0 Å². The fraction of sp³-hybridized carbons (Fsp3) is 0.400. The van der Waals surface area contributed by atoms with Crippen molar-refractivity contribution in [3.05, 3.63) is 12.0 Å². The topological polar surface area (TPSA) is 59.9 Å². The van der Waals surface area contributed by atoms with Gasteiger partial charge in [-0.2, -0.15) is 9.82 Å². The van der Waals surface area contributed by atoms with Gasteiger partial charge in [0, 0.05) is 6.08 Å². The minimum atomic E-state index is -0.787. The van der Waals surface area contributed by atoms with E-state index in [-0.39, 0.29) is 0 Å². The molecule has 0 bridgehead atoms. The molecule has 0 aromatic heterocycles. The van der Waals surface area contributed by atoms with Crippen molar-refractivity contribution < 1.29 is 9.50 Å². The molecule has 1 rings (SSSR count). The van der Waals surface area contributed by atoms with E-state index < -0.39 is 12.2 Å². The second-order valence-corrected chi connectivity index (χ2v) is 2.01. The molecule has 0 saturated carbocycles. The first-order valence-corrected chi connectivity index (χ1v) is 3.09. The Bertz CT molecular complexity index is 191. The molecule has 1 unspecified atom stereocenters. The lowest BCUT2D eigenvalue weighted by Gasteiger charge is -2.23. The average molecular weight is 160 g/mol. The first-order chi connectivity index (χ1) is 5.18. The minimum Gasteiger partial charge on any atom is -0.377 e. The van der Waals surface area contributed by atoms with E-state index in [0.29, 0.717) is 0 Å². The van der Waals surface area contributed by atoms with E-state index in [4.69, 9.17) is 5.11 Å². The highest BCUT2D eigenvalue weighted by molar-refractivity contribution is 5.71. The standard InChI is InChI=1S/C5H9FN4O/c1-4(11)8-10-7-3-2-5(6)9-10/h2-4,8-9,11H,1H3. The van der Waals surface area contributed by atoms with E-state index in [0.717, 1.165) is 5.23 Å². The summed E-state index contributed by atoms with van der Waals surface area (Å²) in [4.78, 5) is 0. The van der Waals surface area contributed by atoms with Gasteiger partial charge in [-0.3, -0.25) is 0 Å². The highest BCUT2D eigenvalue weighted by atomic mass is 19.1. The number of allylic oxidation sites excluding steroid dienone is 1. The number of hydrogen-bond acceptors (Lipinski definition) is 5. The number of nitrogens with one attached hydrogen (secondary N) is 2. The number of hydrazone groups is 1. The van der Waals surface area contributed by atoms with E-state index >= 15 is 0 Å². The summed E-state index contributed by atoms with van der Waals surface area (Å²) in [6.07, 6.45) is 1.65. The molecule has 1 atom stereocenters. The second-order valence-electron chi connectivity index (χ2n) is 2.01. The van der Waals surface area contributed by atoms with E-state index in [2.05, 4.69) is 16.0 Å². The van der Waals surface area contributed by atoms with Gasteiger partial charge in [0.1, 0.15) is 6.23 Å². The van der Waals surface area contributed by atoms with E-state index in [1.54, 1.807) is 0 Å². The Morgan fingerprint density at radius 3 is 3.18 bits per heavy atom. The first kappa shape index (κ1) is 7.96. The molecule has 0 fully saturated rings. The predicted octanol–water partition coefficient (Wildman–Crippen LogP) is -0.554. The largest absolute Gasteiger partial charge is 0.377 e. The second kappa shape index (κ2) is 3.31. The zero-order chi connectivity index (χ0) is 8.27. The summed E-state index contributed by atoms with van der Waals surface area (Å²) in [7, 11) is 0. The van der Waals surface area contributed by atoms with Gasteiger partial charge >= 0.3 is 0 Å². The molecule has 3 N–H and O–H groups in total. The van der Waals surface area contributed by atoms with Crippen LogP contribution in [0.15, 0.2) is 17.1 Å². The highest BCUT2D eigenvalue weighted by Crippen LogP contribution is 1.95. The Hall–Kier alpha value is -1.14. The van der Waals surface area contributed by atoms with Gasteiger partial charge in [-0.25, -0.2) is 5.43 Å². The number of halogens is 1. The van der Waals surface area contributed by atoms with Gasteiger partial charge in [0.15, 0.2) is 0 Å². The number of aliphatic hydroxyl groups is 1. The minimum absolute atomic E-state index is 0.534. The fourth-order valence-corrected chi connectivity index (χ4v) is 0.575. The van der Waals surface area contributed by atoms with Crippen molar-refractivity contribution in [2.45, 2.75) is 13.2 Å². The third kappa shape index (κ3) is 2.52. The number of hydrogen-bond donors (Lipinski definition) is 3. The van der Waals surface area contributed by atoms with Gasteiger partial charge in [0.25, 0.3) is 0 Å². The molecule has 1 aliphatic heterocycles. The Morgan fingerprint density at radius 2 is 2.64 bits per heavy atom. The summed E-state index contributed by atoms with van der Waals surface area (Å²) >= 11 is 0. The third-order valence-electron chi connectivity index (χ3n) is 0.925. The summed E-state index contributed by atoms with van der Waals surface area (Å²) in [5, 5.41) is 13.4. The lowest BCUT2D eigenvalue weighted by atomic mass is 10.6. The van der Waals surface area contributed by atoms with Gasteiger partial charge in [-0.05, 0) is 6.92 Å². The zero-order valence-electron chi connectivity index (χ0n) is 5.95. The van der Waals surface area contributed by atoms with Crippen molar-refractivity contribution >= 4 is 6.21 Å². The number of hydrazine groups is 2. The van der Waals surface area contributed by atoms with Crippen molar-refractivity contribution in [3.63, 3.8) is 0 Å². The quantitative estimate of drug-likeness (QED) is 0.374. The lowest BCUT2D eigenvalue weighted by Crippen LogP contribution is -2.48. The predicted molar refractivity (Wildman–Crippen MR) is 37.5 cm³/mol. The molecule has 0 radical (unpaired) electrons. The van der Waals surface area contributed by atoms with Crippen LogP contribution in [0.3, 0.4) is 0 Å². The molecular weight excluding hydrogens is 151 g/mol. The van der Waals surface area contributed by atoms with Crippen molar-refractivity contribution in [3.8, 4) is 0 Å². The lowest BCUT2D eigenvalue weighted by molar-refractivity contribution is 0.0160. The maximum absolute atomic E-state index is 12.4. The van der Waals surface area contributed by atoms with E-state index in [1.165, 1.54) is 19.2 Å². The summed E-state index contributed by atoms with van der Waals surface area (Å²) in [6.45, 7) is 1.49. The van der Waals surface area contributed by atoms with Crippen LogP contribution in [-0.2, 0) is 0 Å². The third-order valence-corrected chi connectivity index (χ3v) is 0.925. The molecule has 0 aromatic rings. The van der Waals surface area contributed by atoms with Crippen molar-refractivity contribution in [2.75, 3.05) is 0 Å². The number of aliphatic hydroxyl groups excluding tert-OH is 1. The molecule has 11 heavy (non-hydrogen) atoms. The van der Waals surface area contributed by atoms with E-state index in [1.807, 2.05) is 0 Å². The monoisotopic (exact) mass is 160 g/mol. The highest BCUT2D eigenvalue weighted by Gasteiger charge is 2.06. The van der Waals surface area contributed by atoms with Crippen LogP contribution in [0.2, 0.25) is 0 Å². The van der Waals surface area contributed by atoms with Gasteiger partial charge in [-0.1, -0.05) is 0 Å². The Labute approximate surface area is 63.1 Å². The molecule has 1 heterocycles. The molecule has 0 aliphatic carbocycles. The van der Waals surface area contributed by atoms with Gasteiger partial charge in [-0.15, -0.1) is 10.3 Å². The summed E-state index contributed by atoms with van der Waals surface area (Å²) in [6, 6.07) is 0. The summed E-state index contributed by atoms with van der Waals surface area (Å²) in [5.74, 6) is -0.534. The maximum Gasteiger partial charge on any atom is 0.209 e. The molecule has 0 saturated heterocycles. The number of rotatable bonds is 2. The molecule has 0 spiro atoms. The van der Waals surface area contributed by atoms with Crippen LogP contribution in [0, 0.1) is 0 Å². The molecule has 0 amide bonds. The van der Waals surface area contributed by atoms with Crippen LogP contribution < -0.4 is 10.9 Å².